The predicted octanol–water partition coefficient (Wildman–Crippen LogP) is 3.82. The SMILES string of the molecule is CCCNC(COCCC)c1cc(Cl)c(OC)c(OC)c1. The minimum absolute atomic E-state index is 0.0915. The van der Waals surface area contributed by atoms with E-state index in [0.29, 0.717) is 23.1 Å². The van der Waals surface area contributed by atoms with Gasteiger partial charge >= 0.3 is 0 Å². The number of benzene rings is 1. The molecule has 1 atom stereocenters. The number of methoxy groups -OCH3 is 2. The first kappa shape index (κ1) is 18.1. The molecule has 21 heavy (non-hydrogen) atoms. The monoisotopic (exact) mass is 315 g/mol. The maximum absolute atomic E-state index is 6.28. The number of nitrogens with one attached hydrogen (secondary N) is 1. The lowest BCUT2D eigenvalue weighted by Gasteiger charge is -2.21. The van der Waals surface area contributed by atoms with Crippen LogP contribution in [0.5, 0.6) is 11.5 Å². The number of ether oxygens (including phenoxy) is 3. The lowest BCUT2D eigenvalue weighted by molar-refractivity contribution is 0.112. The van der Waals surface area contributed by atoms with Crippen LogP contribution in [0.4, 0.5) is 0 Å². The quantitative estimate of drug-likeness (QED) is 0.666. The van der Waals surface area contributed by atoms with Crippen molar-refractivity contribution >= 4 is 11.6 Å². The van der Waals surface area contributed by atoms with Gasteiger partial charge in [0.25, 0.3) is 0 Å². The van der Waals surface area contributed by atoms with E-state index in [1.807, 2.05) is 12.1 Å². The molecule has 5 heteroatoms. The Morgan fingerprint density at radius 3 is 2.48 bits per heavy atom. The van der Waals surface area contributed by atoms with Gasteiger partial charge in [-0.3, -0.25) is 0 Å². The molecular formula is C16H26ClNO3. The van der Waals surface area contributed by atoms with E-state index >= 15 is 0 Å². The molecule has 0 aromatic heterocycles. The Balaban J connectivity index is 2.96. The van der Waals surface area contributed by atoms with Gasteiger partial charge in [0.15, 0.2) is 11.5 Å². The third-order valence-electron chi connectivity index (χ3n) is 3.13. The van der Waals surface area contributed by atoms with Crippen LogP contribution in [-0.2, 0) is 4.74 Å². The second-order valence-corrected chi connectivity index (χ2v) is 5.23. The van der Waals surface area contributed by atoms with Gasteiger partial charge < -0.3 is 19.5 Å². The second-order valence-electron chi connectivity index (χ2n) is 4.82. The van der Waals surface area contributed by atoms with Crippen LogP contribution in [0.2, 0.25) is 5.02 Å². The first-order valence-corrected chi connectivity index (χ1v) is 7.78. The van der Waals surface area contributed by atoms with Crippen molar-refractivity contribution in [1.82, 2.24) is 5.32 Å². The first-order valence-electron chi connectivity index (χ1n) is 7.40. The molecule has 1 N–H and O–H groups in total. The minimum atomic E-state index is 0.0915. The molecule has 0 saturated carbocycles. The molecule has 0 radical (unpaired) electrons. The van der Waals surface area contributed by atoms with E-state index in [1.54, 1.807) is 14.2 Å². The standard InChI is InChI=1S/C16H26ClNO3/c1-5-7-18-14(11-21-8-6-2)12-9-13(17)16(20-4)15(10-12)19-3/h9-10,14,18H,5-8,11H2,1-4H3. The summed E-state index contributed by atoms with van der Waals surface area (Å²) in [5, 5.41) is 4.03. The Kier molecular flexibility index (Phi) is 8.50. The molecule has 120 valence electrons. The van der Waals surface area contributed by atoms with Crippen molar-refractivity contribution in [3.05, 3.63) is 22.7 Å². The van der Waals surface area contributed by atoms with E-state index in [-0.39, 0.29) is 6.04 Å². The van der Waals surface area contributed by atoms with Crippen LogP contribution in [0.15, 0.2) is 12.1 Å². The van der Waals surface area contributed by atoms with E-state index in [1.165, 1.54) is 0 Å². The topological polar surface area (TPSA) is 39.7 Å². The third kappa shape index (κ3) is 5.38. The summed E-state index contributed by atoms with van der Waals surface area (Å²) in [6, 6.07) is 3.95. The molecule has 0 aliphatic rings. The highest BCUT2D eigenvalue weighted by molar-refractivity contribution is 6.32. The van der Waals surface area contributed by atoms with Crippen molar-refractivity contribution in [1.29, 1.82) is 0 Å². The molecule has 0 aliphatic carbocycles. The van der Waals surface area contributed by atoms with Crippen LogP contribution < -0.4 is 14.8 Å². The molecule has 0 aliphatic heterocycles. The van der Waals surface area contributed by atoms with Crippen LogP contribution in [0.3, 0.4) is 0 Å². The van der Waals surface area contributed by atoms with Crippen molar-refractivity contribution in [3.63, 3.8) is 0 Å². The summed E-state index contributed by atoms with van der Waals surface area (Å²) in [5.74, 6) is 1.20. The fourth-order valence-corrected chi connectivity index (χ4v) is 2.37. The van der Waals surface area contributed by atoms with E-state index in [0.717, 1.165) is 31.6 Å². The summed E-state index contributed by atoms with van der Waals surface area (Å²) in [6.07, 6.45) is 2.07. The highest BCUT2D eigenvalue weighted by Crippen LogP contribution is 2.37. The normalized spacial score (nSPS) is 12.2. The van der Waals surface area contributed by atoms with Gasteiger partial charge in [0.05, 0.1) is 31.9 Å². The van der Waals surface area contributed by atoms with Crippen LogP contribution in [0.25, 0.3) is 0 Å². The molecule has 0 fully saturated rings. The second kappa shape index (κ2) is 9.87. The predicted molar refractivity (Wildman–Crippen MR) is 86.7 cm³/mol. The lowest BCUT2D eigenvalue weighted by atomic mass is 10.1. The third-order valence-corrected chi connectivity index (χ3v) is 3.41. The van der Waals surface area contributed by atoms with Crippen molar-refractivity contribution < 1.29 is 14.2 Å². The first-order chi connectivity index (χ1) is 10.2. The van der Waals surface area contributed by atoms with Gasteiger partial charge in [-0.15, -0.1) is 0 Å². The van der Waals surface area contributed by atoms with E-state index in [9.17, 15) is 0 Å². The number of hydrogen-bond donors (Lipinski definition) is 1. The molecule has 4 nitrogen and oxygen atoms in total. The van der Waals surface area contributed by atoms with Crippen LogP contribution in [0, 0.1) is 0 Å². The van der Waals surface area contributed by atoms with Crippen molar-refractivity contribution in [2.24, 2.45) is 0 Å². The molecule has 0 spiro atoms. The fourth-order valence-electron chi connectivity index (χ4n) is 2.08. The van der Waals surface area contributed by atoms with Gasteiger partial charge in [-0.2, -0.15) is 0 Å². The van der Waals surface area contributed by atoms with Crippen molar-refractivity contribution in [3.8, 4) is 11.5 Å². The Hall–Kier alpha value is -0.970. The molecule has 0 heterocycles. The molecule has 1 rings (SSSR count). The average Bonchev–Trinajstić information content (AvgIpc) is 2.49. The zero-order chi connectivity index (χ0) is 15.7. The summed E-state index contributed by atoms with van der Waals surface area (Å²) >= 11 is 6.28. The fraction of sp³-hybridized carbons (Fsp3) is 0.625. The average molecular weight is 316 g/mol. The van der Waals surface area contributed by atoms with Crippen LogP contribution in [0.1, 0.15) is 38.3 Å². The molecule has 1 unspecified atom stereocenters. The van der Waals surface area contributed by atoms with Crippen LogP contribution in [-0.4, -0.2) is 34.0 Å². The number of hydrogen-bond acceptors (Lipinski definition) is 4. The number of rotatable bonds is 10. The highest BCUT2D eigenvalue weighted by atomic mass is 35.5. The zero-order valence-corrected chi connectivity index (χ0v) is 14.1. The summed E-state index contributed by atoms with van der Waals surface area (Å²) in [6.45, 7) is 6.53. The summed E-state index contributed by atoms with van der Waals surface area (Å²) < 4.78 is 16.3. The maximum atomic E-state index is 6.28. The van der Waals surface area contributed by atoms with Gasteiger partial charge in [-0.05, 0) is 37.1 Å². The Labute approximate surface area is 132 Å². The largest absolute Gasteiger partial charge is 0.493 e. The van der Waals surface area contributed by atoms with E-state index in [2.05, 4.69) is 19.2 Å². The highest BCUT2D eigenvalue weighted by Gasteiger charge is 2.17. The molecule has 1 aromatic carbocycles. The van der Waals surface area contributed by atoms with Gasteiger partial charge in [0, 0.05) is 6.61 Å². The Morgan fingerprint density at radius 2 is 1.90 bits per heavy atom. The van der Waals surface area contributed by atoms with Gasteiger partial charge in [-0.1, -0.05) is 25.4 Å². The van der Waals surface area contributed by atoms with E-state index in [4.69, 9.17) is 25.8 Å². The maximum Gasteiger partial charge on any atom is 0.179 e. The molecule has 1 aromatic rings. The Bertz CT molecular complexity index is 426. The van der Waals surface area contributed by atoms with E-state index < -0.39 is 0 Å². The summed E-state index contributed by atoms with van der Waals surface area (Å²) in [4.78, 5) is 0. The van der Waals surface area contributed by atoms with Crippen LogP contribution >= 0.6 is 11.6 Å². The lowest BCUT2D eigenvalue weighted by Crippen LogP contribution is -2.26. The van der Waals surface area contributed by atoms with Gasteiger partial charge in [-0.25, -0.2) is 0 Å². The molecule has 0 amide bonds. The zero-order valence-electron chi connectivity index (χ0n) is 13.4. The molecular weight excluding hydrogens is 290 g/mol. The molecule has 0 saturated heterocycles. The summed E-state index contributed by atoms with van der Waals surface area (Å²) in [5.41, 5.74) is 1.04. The molecule has 0 bridgehead atoms. The van der Waals surface area contributed by atoms with Crippen molar-refractivity contribution in [2.45, 2.75) is 32.7 Å². The van der Waals surface area contributed by atoms with Gasteiger partial charge in [0.2, 0.25) is 0 Å². The Morgan fingerprint density at radius 1 is 1.14 bits per heavy atom. The summed E-state index contributed by atoms with van der Waals surface area (Å²) in [7, 11) is 3.20. The number of halogens is 1. The van der Waals surface area contributed by atoms with Crippen molar-refractivity contribution in [2.75, 3.05) is 34.0 Å². The minimum Gasteiger partial charge on any atom is -0.493 e. The smallest absolute Gasteiger partial charge is 0.179 e. The van der Waals surface area contributed by atoms with Gasteiger partial charge in [0.1, 0.15) is 0 Å².